The monoisotopic (exact) mass is 225 g/mol. The Balaban J connectivity index is 2.16. The predicted molar refractivity (Wildman–Crippen MR) is 65.2 cm³/mol. The van der Waals surface area contributed by atoms with Gasteiger partial charge in [0.2, 0.25) is 0 Å². The van der Waals surface area contributed by atoms with Crippen LogP contribution in [0.2, 0.25) is 0 Å². The smallest absolute Gasteiger partial charge is 0.330 e. The standard InChI is InChI=1S/C13H23NO2/c1-3-16-13(15)9-6-10-14-12-8-5-4-7-11(12)2/h6,9,11-12,14H,3-5,7-8,10H2,1-2H3/b9-6+. The van der Waals surface area contributed by atoms with Gasteiger partial charge in [-0.25, -0.2) is 4.79 Å². The van der Waals surface area contributed by atoms with E-state index in [1.807, 2.05) is 13.0 Å². The van der Waals surface area contributed by atoms with Crippen molar-refractivity contribution in [3.05, 3.63) is 12.2 Å². The van der Waals surface area contributed by atoms with Crippen LogP contribution in [0.15, 0.2) is 12.2 Å². The van der Waals surface area contributed by atoms with E-state index in [0.29, 0.717) is 12.6 Å². The maximum Gasteiger partial charge on any atom is 0.330 e. The van der Waals surface area contributed by atoms with Crippen LogP contribution in [0.4, 0.5) is 0 Å². The highest BCUT2D eigenvalue weighted by atomic mass is 16.5. The average molecular weight is 225 g/mol. The first-order chi connectivity index (χ1) is 7.74. The number of hydrogen-bond donors (Lipinski definition) is 1. The van der Waals surface area contributed by atoms with Crippen LogP contribution in [0, 0.1) is 5.92 Å². The molecule has 16 heavy (non-hydrogen) atoms. The van der Waals surface area contributed by atoms with Crippen LogP contribution in [-0.4, -0.2) is 25.2 Å². The Morgan fingerprint density at radius 3 is 2.88 bits per heavy atom. The quantitative estimate of drug-likeness (QED) is 0.576. The van der Waals surface area contributed by atoms with Crippen molar-refractivity contribution in [1.82, 2.24) is 5.32 Å². The van der Waals surface area contributed by atoms with Gasteiger partial charge in [-0.05, 0) is 25.7 Å². The summed E-state index contributed by atoms with van der Waals surface area (Å²) in [6.45, 7) is 5.31. The van der Waals surface area contributed by atoms with Gasteiger partial charge in [-0.15, -0.1) is 0 Å². The molecule has 0 aliphatic heterocycles. The second kappa shape index (κ2) is 7.44. The first-order valence-corrected chi connectivity index (χ1v) is 6.30. The Labute approximate surface area is 98.2 Å². The number of esters is 1. The molecule has 1 aliphatic rings. The molecule has 3 nitrogen and oxygen atoms in total. The molecule has 0 spiro atoms. The van der Waals surface area contributed by atoms with E-state index in [4.69, 9.17) is 4.74 Å². The average Bonchev–Trinajstić information content (AvgIpc) is 2.27. The summed E-state index contributed by atoms with van der Waals surface area (Å²) in [6.07, 6.45) is 8.61. The van der Waals surface area contributed by atoms with E-state index in [2.05, 4.69) is 12.2 Å². The van der Waals surface area contributed by atoms with Gasteiger partial charge in [-0.1, -0.05) is 25.8 Å². The lowest BCUT2D eigenvalue weighted by atomic mass is 9.86. The minimum absolute atomic E-state index is 0.249. The van der Waals surface area contributed by atoms with Crippen LogP contribution in [0.25, 0.3) is 0 Å². The topological polar surface area (TPSA) is 38.3 Å². The zero-order valence-corrected chi connectivity index (χ0v) is 10.4. The summed E-state index contributed by atoms with van der Waals surface area (Å²) < 4.78 is 4.80. The molecule has 0 bridgehead atoms. The fraction of sp³-hybridized carbons (Fsp3) is 0.769. The van der Waals surface area contributed by atoms with Crippen molar-refractivity contribution < 1.29 is 9.53 Å². The molecule has 2 unspecified atom stereocenters. The third-order valence-corrected chi connectivity index (χ3v) is 3.15. The Kier molecular flexibility index (Phi) is 6.16. The van der Waals surface area contributed by atoms with Crippen LogP contribution in [0.3, 0.4) is 0 Å². The second-order valence-corrected chi connectivity index (χ2v) is 4.43. The molecule has 2 atom stereocenters. The fourth-order valence-electron chi connectivity index (χ4n) is 2.18. The summed E-state index contributed by atoms with van der Waals surface area (Å²) in [5, 5.41) is 3.47. The van der Waals surface area contributed by atoms with Crippen molar-refractivity contribution in [3.8, 4) is 0 Å². The summed E-state index contributed by atoms with van der Waals surface area (Å²) >= 11 is 0. The number of carbonyl (C=O) groups excluding carboxylic acids is 1. The Morgan fingerprint density at radius 2 is 2.19 bits per heavy atom. The second-order valence-electron chi connectivity index (χ2n) is 4.43. The molecule has 3 heteroatoms. The van der Waals surface area contributed by atoms with Gasteiger partial charge in [0, 0.05) is 18.7 Å². The van der Waals surface area contributed by atoms with Crippen LogP contribution in [-0.2, 0) is 9.53 Å². The first kappa shape index (κ1) is 13.2. The molecule has 1 saturated carbocycles. The number of rotatable bonds is 5. The highest BCUT2D eigenvalue weighted by Crippen LogP contribution is 2.23. The molecule has 0 aromatic heterocycles. The minimum atomic E-state index is -0.249. The fourth-order valence-corrected chi connectivity index (χ4v) is 2.18. The Morgan fingerprint density at radius 1 is 1.44 bits per heavy atom. The normalized spacial score (nSPS) is 25.9. The van der Waals surface area contributed by atoms with Crippen LogP contribution in [0.1, 0.15) is 39.5 Å². The molecule has 1 aliphatic carbocycles. The molecule has 1 fully saturated rings. The number of carbonyl (C=O) groups is 1. The van der Waals surface area contributed by atoms with Crippen molar-refractivity contribution >= 4 is 5.97 Å². The summed E-state index contributed by atoms with van der Waals surface area (Å²) in [5.74, 6) is 0.505. The predicted octanol–water partition coefficient (Wildman–Crippen LogP) is 2.27. The van der Waals surface area contributed by atoms with E-state index in [0.717, 1.165) is 12.5 Å². The molecule has 0 aromatic carbocycles. The van der Waals surface area contributed by atoms with Crippen LogP contribution < -0.4 is 5.32 Å². The van der Waals surface area contributed by atoms with Crippen molar-refractivity contribution in [2.75, 3.05) is 13.2 Å². The first-order valence-electron chi connectivity index (χ1n) is 6.30. The van der Waals surface area contributed by atoms with Gasteiger partial charge in [0.05, 0.1) is 6.61 Å². The number of nitrogens with one attached hydrogen (secondary N) is 1. The highest BCUT2D eigenvalue weighted by Gasteiger charge is 2.19. The summed E-state index contributed by atoms with van der Waals surface area (Å²) in [5.41, 5.74) is 0. The van der Waals surface area contributed by atoms with Gasteiger partial charge in [0.1, 0.15) is 0 Å². The largest absolute Gasteiger partial charge is 0.463 e. The van der Waals surface area contributed by atoms with Gasteiger partial charge in [0.15, 0.2) is 0 Å². The number of hydrogen-bond acceptors (Lipinski definition) is 3. The molecule has 0 aromatic rings. The maximum absolute atomic E-state index is 11.0. The van der Waals surface area contributed by atoms with Crippen molar-refractivity contribution in [1.29, 1.82) is 0 Å². The van der Waals surface area contributed by atoms with Gasteiger partial charge in [-0.3, -0.25) is 0 Å². The molecular weight excluding hydrogens is 202 g/mol. The Hall–Kier alpha value is -0.830. The van der Waals surface area contributed by atoms with E-state index in [9.17, 15) is 4.79 Å². The van der Waals surface area contributed by atoms with E-state index in [1.54, 1.807) is 0 Å². The molecule has 0 radical (unpaired) electrons. The maximum atomic E-state index is 11.0. The van der Waals surface area contributed by atoms with E-state index >= 15 is 0 Å². The molecule has 1 N–H and O–H groups in total. The minimum Gasteiger partial charge on any atom is -0.463 e. The third kappa shape index (κ3) is 4.79. The van der Waals surface area contributed by atoms with Crippen molar-refractivity contribution in [2.24, 2.45) is 5.92 Å². The van der Waals surface area contributed by atoms with Crippen molar-refractivity contribution in [2.45, 2.75) is 45.6 Å². The molecule has 0 heterocycles. The highest BCUT2D eigenvalue weighted by molar-refractivity contribution is 5.81. The third-order valence-electron chi connectivity index (χ3n) is 3.15. The molecule has 0 saturated heterocycles. The SMILES string of the molecule is CCOC(=O)/C=C/CNC1CCCCC1C. The lowest BCUT2D eigenvalue weighted by Gasteiger charge is -2.29. The zero-order chi connectivity index (χ0) is 11.8. The lowest BCUT2D eigenvalue weighted by Crippen LogP contribution is -2.37. The summed E-state index contributed by atoms with van der Waals surface area (Å²) in [7, 11) is 0. The van der Waals surface area contributed by atoms with E-state index in [-0.39, 0.29) is 5.97 Å². The van der Waals surface area contributed by atoms with E-state index < -0.39 is 0 Å². The van der Waals surface area contributed by atoms with E-state index in [1.165, 1.54) is 31.8 Å². The van der Waals surface area contributed by atoms with Gasteiger partial charge >= 0.3 is 5.97 Å². The van der Waals surface area contributed by atoms with Gasteiger partial charge in [-0.2, -0.15) is 0 Å². The van der Waals surface area contributed by atoms with Gasteiger partial charge < -0.3 is 10.1 Å². The molecule has 1 rings (SSSR count). The molecule has 92 valence electrons. The zero-order valence-electron chi connectivity index (χ0n) is 10.4. The Bertz CT molecular complexity index is 238. The van der Waals surface area contributed by atoms with Crippen LogP contribution >= 0.6 is 0 Å². The molecular formula is C13H23NO2. The van der Waals surface area contributed by atoms with Crippen LogP contribution in [0.5, 0.6) is 0 Å². The van der Waals surface area contributed by atoms with Crippen molar-refractivity contribution in [3.63, 3.8) is 0 Å². The molecule has 0 amide bonds. The summed E-state index contributed by atoms with van der Waals surface area (Å²) in [6, 6.07) is 0.612. The summed E-state index contributed by atoms with van der Waals surface area (Å²) in [4.78, 5) is 11.0. The van der Waals surface area contributed by atoms with Gasteiger partial charge in [0.25, 0.3) is 0 Å². The lowest BCUT2D eigenvalue weighted by molar-refractivity contribution is -0.137. The number of ether oxygens (including phenoxy) is 1.